The molecule has 2 aromatic rings. The lowest BCUT2D eigenvalue weighted by molar-refractivity contribution is -0.244. The first-order chi connectivity index (χ1) is 13.3. The van der Waals surface area contributed by atoms with E-state index in [9.17, 15) is 15.0 Å². The standard InChI is InChI=1S/C22H27NO4S/c1-15-14-17(28-18(15)16-6-4-3-5-7-16)19(24)23-11-8-22(9-12-23)20(25)21(2,26)10-13-27-22/h3-7,14,20,25-26H,8-13H2,1-2H3/t20-,21+/m0/s1. The van der Waals surface area contributed by atoms with Crippen molar-refractivity contribution >= 4 is 17.2 Å². The van der Waals surface area contributed by atoms with E-state index < -0.39 is 17.3 Å². The summed E-state index contributed by atoms with van der Waals surface area (Å²) in [7, 11) is 0. The topological polar surface area (TPSA) is 70.0 Å². The number of rotatable bonds is 2. The molecule has 6 heteroatoms. The van der Waals surface area contributed by atoms with Gasteiger partial charge in [0.15, 0.2) is 0 Å². The maximum atomic E-state index is 13.1. The minimum Gasteiger partial charge on any atom is -0.387 e. The quantitative estimate of drug-likeness (QED) is 0.811. The number of hydrogen-bond acceptors (Lipinski definition) is 5. The Balaban J connectivity index is 1.48. The molecule has 2 aliphatic rings. The largest absolute Gasteiger partial charge is 0.387 e. The number of thiophene rings is 1. The van der Waals surface area contributed by atoms with Gasteiger partial charge in [0.2, 0.25) is 0 Å². The second-order valence-electron chi connectivity index (χ2n) is 8.20. The number of aliphatic hydroxyl groups excluding tert-OH is 1. The lowest BCUT2D eigenvalue weighted by Gasteiger charge is -2.51. The predicted molar refractivity (Wildman–Crippen MR) is 110 cm³/mol. The van der Waals surface area contributed by atoms with Crippen molar-refractivity contribution in [2.45, 2.75) is 50.4 Å². The van der Waals surface area contributed by atoms with Crippen molar-refractivity contribution in [1.29, 1.82) is 0 Å². The maximum absolute atomic E-state index is 13.1. The molecule has 1 aromatic heterocycles. The first kappa shape index (κ1) is 19.6. The number of benzene rings is 1. The molecule has 1 amide bonds. The van der Waals surface area contributed by atoms with Crippen LogP contribution in [0.5, 0.6) is 0 Å². The third kappa shape index (κ3) is 3.39. The summed E-state index contributed by atoms with van der Waals surface area (Å²) in [6, 6.07) is 12.1. The average Bonchev–Trinajstić information content (AvgIpc) is 3.08. The maximum Gasteiger partial charge on any atom is 0.263 e. The second-order valence-corrected chi connectivity index (χ2v) is 9.26. The number of hydrogen-bond donors (Lipinski definition) is 2. The van der Waals surface area contributed by atoms with Crippen LogP contribution in [0.1, 0.15) is 41.4 Å². The zero-order valence-electron chi connectivity index (χ0n) is 16.4. The average molecular weight is 402 g/mol. The molecule has 1 aromatic carbocycles. The Bertz CT molecular complexity index is 853. The van der Waals surface area contributed by atoms with E-state index in [4.69, 9.17) is 4.74 Å². The van der Waals surface area contributed by atoms with Gasteiger partial charge in [0, 0.05) is 24.4 Å². The fourth-order valence-corrected chi connectivity index (χ4v) is 5.51. The van der Waals surface area contributed by atoms with E-state index in [0.29, 0.717) is 39.0 Å². The molecule has 5 nitrogen and oxygen atoms in total. The van der Waals surface area contributed by atoms with Crippen molar-refractivity contribution < 1.29 is 19.7 Å². The number of carbonyl (C=O) groups is 1. The number of piperidine rings is 1. The fourth-order valence-electron chi connectivity index (χ4n) is 4.37. The van der Waals surface area contributed by atoms with Crippen molar-refractivity contribution in [2.75, 3.05) is 19.7 Å². The summed E-state index contributed by atoms with van der Waals surface area (Å²) in [5, 5.41) is 21.1. The van der Waals surface area contributed by atoms with E-state index in [1.807, 2.05) is 36.1 Å². The summed E-state index contributed by atoms with van der Waals surface area (Å²) in [5.74, 6) is 0.0298. The summed E-state index contributed by atoms with van der Waals surface area (Å²) in [5.41, 5.74) is 0.344. The molecule has 2 saturated heterocycles. The molecule has 28 heavy (non-hydrogen) atoms. The highest BCUT2D eigenvalue weighted by molar-refractivity contribution is 7.17. The van der Waals surface area contributed by atoms with Gasteiger partial charge in [0.05, 0.1) is 17.1 Å². The van der Waals surface area contributed by atoms with Crippen LogP contribution < -0.4 is 0 Å². The highest BCUT2D eigenvalue weighted by atomic mass is 32.1. The molecule has 2 aliphatic heterocycles. The van der Waals surface area contributed by atoms with Gasteiger partial charge in [-0.05, 0) is 43.9 Å². The van der Waals surface area contributed by atoms with Gasteiger partial charge in [-0.2, -0.15) is 0 Å². The molecule has 2 fully saturated rings. The molecule has 0 unspecified atom stereocenters. The third-order valence-electron chi connectivity index (χ3n) is 6.15. The van der Waals surface area contributed by atoms with Gasteiger partial charge in [0.1, 0.15) is 11.7 Å². The molecule has 0 bridgehead atoms. The predicted octanol–water partition coefficient (Wildman–Crippen LogP) is 3.23. The Morgan fingerprint density at radius 3 is 2.57 bits per heavy atom. The van der Waals surface area contributed by atoms with Crippen LogP contribution in [0.25, 0.3) is 10.4 Å². The minimum absolute atomic E-state index is 0.0298. The molecule has 4 rings (SSSR count). The van der Waals surface area contributed by atoms with Gasteiger partial charge < -0.3 is 19.8 Å². The lowest BCUT2D eigenvalue weighted by atomic mass is 9.75. The molecule has 150 valence electrons. The molecule has 0 aliphatic carbocycles. The van der Waals surface area contributed by atoms with Crippen LogP contribution in [0.2, 0.25) is 0 Å². The van der Waals surface area contributed by atoms with E-state index in [1.54, 1.807) is 6.92 Å². The summed E-state index contributed by atoms with van der Waals surface area (Å²) in [4.78, 5) is 16.8. The summed E-state index contributed by atoms with van der Waals surface area (Å²) in [6.45, 7) is 5.17. The van der Waals surface area contributed by atoms with E-state index >= 15 is 0 Å². The van der Waals surface area contributed by atoms with Crippen LogP contribution in [0.15, 0.2) is 36.4 Å². The van der Waals surface area contributed by atoms with Crippen molar-refractivity contribution in [1.82, 2.24) is 4.90 Å². The second kappa shape index (κ2) is 7.26. The molecule has 2 atom stereocenters. The summed E-state index contributed by atoms with van der Waals surface area (Å²) < 4.78 is 5.92. The number of amides is 1. The number of ether oxygens (including phenoxy) is 1. The van der Waals surface area contributed by atoms with Crippen LogP contribution in [0.3, 0.4) is 0 Å². The summed E-state index contributed by atoms with van der Waals surface area (Å²) >= 11 is 1.53. The zero-order chi connectivity index (χ0) is 19.9. The molecular weight excluding hydrogens is 374 g/mol. The fraction of sp³-hybridized carbons (Fsp3) is 0.500. The Kier molecular flexibility index (Phi) is 5.08. The minimum atomic E-state index is -1.14. The van der Waals surface area contributed by atoms with Crippen molar-refractivity contribution in [3.8, 4) is 10.4 Å². The molecule has 0 radical (unpaired) electrons. The molecule has 1 spiro atoms. The van der Waals surface area contributed by atoms with Crippen molar-refractivity contribution in [3.63, 3.8) is 0 Å². The monoisotopic (exact) mass is 401 g/mol. The molecule has 2 N–H and O–H groups in total. The summed E-state index contributed by atoms with van der Waals surface area (Å²) in [6.07, 6.45) is 0.562. The van der Waals surface area contributed by atoms with E-state index in [1.165, 1.54) is 11.3 Å². The highest BCUT2D eigenvalue weighted by Gasteiger charge is 2.53. The van der Waals surface area contributed by atoms with E-state index in [-0.39, 0.29) is 5.91 Å². The van der Waals surface area contributed by atoms with E-state index in [2.05, 4.69) is 12.1 Å². The molecule has 0 saturated carbocycles. The van der Waals surface area contributed by atoms with Gasteiger partial charge in [-0.25, -0.2) is 0 Å². The van der Waals surface area contributed by atoms with Gasteiger partial charge in [-0.1, -0.05) is 30.3 Å². The molecular formula is C22H27NO4S. The van der Waals surface area contributed by atoms with Crippen LogP contribution >= 0.6 is 11.3 Å². The van der Waals surface area contributed by atoms with Crippen molar-refractivity contribution in [2.24, 2.45) is 0 Å². The first-order valence-corrected chi connectivity index (χ1v) is 10.6. The smallest absolute Gasteiger partial charge is 0.263 e. The Morgan fingerprint density at radius 1 is 1.21 bits per heavy atom. The van der Waals surface area contributed by atoms with Gasteiger partial charge in [-0.3, -0.25) is 4.79 Å². The third-order valence-corrected chi connectivity index (χ3v) is 7.42. The number of likely N-dealkylation sites (tertiary alicyclic amines) is 1. The Labute approximate surface area is 169 Å². The highest BCUT2D eigenvalue weighted by Crippen LogP contribution is 2.40. The van der Waals surface area contributed by atoms with Gasteiger partial charge in [-0.15, -0.1) is 11.3 Å². The lowest BCUT2D eigenvalue weighted by Crippen LogP contribution is -2.64. The van der Waals surface area contributed by atoms with E-state index in [0.717, 1.165) is 20.9 Å². The number of nitrogens with zero attached hydrogens (tertiary/aromatic N) is 1. The number of aryl methyl sites for hydroxylation is 1. The SMILES string of the molecule is Cc1cc(C(=O)N2CCC3(CC2)OCC[C@@](C)(O)[C@@H]3O)sc1-c1ccccc1. The zero-order valence-corrected chi connectivity index (χ0v) is 17.2. The Morgan fingerprint density at radius 2 is 1.89 bits per heavy atom. The van der Waals surface area contributed by atoms with Crippen LogP contribution in [-0.4, -0.2) is 58.0 Å². The van der Waals surface area contributed by atoms with Crippen LogP contribution in [0, 0.1) is 6.92 Å². The van der Waals surface area contributed by atoms with Gasteiger partial charge in [0.25, 0.3) is 5.91 Å². The number of carbonyl (C=O) groups excluding carboxylic acids is 1. The molecule has 3 heterocycles. The van der Waals surface area contributed by atoms with Crippen LogP contribution in [0.4, 0.5) is 0 Å². The van der Waals surface area contributed by atoms with Crippen molar-refractivity contribution in [3.05, 3.63) is 46.8 Å². The van der Waals surface area contributed by atoms with Crippen LogP contribution in [-0.2, 0) is 4.74 Å². The Hall–Kier alpha value is -1.73. The number of aliphatic hydroxyl groups is 2. The van der Waals surface area contributed by atoms with Gasteiger partial charge >= 0.3 is 0 Å². The normalized spacial score (nSPS) is 27.1. The first-order valence-electron chi connectivity index (χ1n) is 9.82.